The Hall–Kier alpha value is -4.51. The molecule has 5 nitrogen and oxygen atoms in total. The molecular weight excluding hydrogens is 394 g/mol. The molecule has 6 aromatic rings. The molecule has 2 aromatic heterocycles. The summed E-state index contributed by atoms with van der Waals surface area (Å²) < 4.78 is 1.86. The number of anilines is 2. The molecule has 0 aliphatic carbocycles. The van der Waals surface area contributed by atoms with E-state index in [1.807, 2.05) is 102 Å². The maximum atomic E-state index is 5.00. The summed E-state index contributed by atoms with van der Waals surface area (Å²) in [6, 6.07) is 36.4. The summed E-state index contributed by atoms with van der Waals surface area (Å²) in [7, 11) is 0. The first-order valence-corrected chi connectivity index (χ1v) is 10.5. The van der Waals surface area contributed by atoms with E-state index in [1.165, 1.54) is 0 Å². The Kier molecular flexibility index (Phi) is 4.36. The zero-order valence-corrected chi connectivity index (χ0v) is 17.2. The molecule has 0 spiro atoms. The molecule has 0 atom stereocenters. The Labute approximate surface area is 185 Å². The number of rotatable bonds is 4. The molecule has 1 N–H and O–H groups in total. The minimum absolute atomic E-state index is 0.679. The number of benzene rings is 4. The normalized spacial score (nSPS) is 11.1. The van der Waals surface area contributed by atoms with Crippen molar-refractivity contribution in [3.05, 3.63) is 109 Å². The number of hydrogen-bond acceptors (Lipinski definition) is 4. The van der Waals surface area contributed by atoms with Crippen LogP contribution in [-0.2, 0) is 0 Å². The van der Waals surface area contributed by atoms with Crippen molar-refractivity contribution in [2.24, 2.45) is 0 Å². The van der Waals surface area contributed by atoms with E-state index in [1.54, 1.807) is 0 Å². The van der Waals surface area contributed by atoms with E-state index in [9.17, 15) is 0 Å². The summed E-state index contributed by atoms with van der Waals surface area (Å²) in [6.45, 7) is 0. The third-order valence-corrected chi connectivity index (χ3v) is 5.43. The fourth-order valence-corrected chi connectivity index (χ4v) is 3.90. The molecule has 0 saturated carbocycles. The molecule has 6 rings (SSSR count). The molecule has 0 radical (unpaired) electrons. The van der Waals surface area contributed by atoms with Gasteiger partial charge >= 0.3 is 0 Å². The second-order valence-electron chi connectivity index (χ2n) is 7.53. The van der Waals surface area contributed by atoms with Gasteiger partial charge in [-0.25, -0.2) is 9.97 Å². The fraction of sp³-hybridized carbons (Fsp3) is 0. The molecule has 0 unspecified atom stereocenters. The van der Waals surface area contributed by atoms with Gasteiger partial charge in [0.1, 0.15) is 0 Å². The molecule has 0 bridgehead atoms. The standard InChI is InChI=1S/C27H19N5/c1-3-11-19(12-4-1)25-30-27-22-16-8-10-18-24(22)29-26(32(27)31-25)21-15-7-9-17-23(21)28-20-13-5-2-6-14-20/h1-18,28H. The molecule has 0 aliphatic rings. The smallest absolute Gasteiger partial charge is 0.182 e. The van der Waals surface area contributed by atoms with Gasteiger partial charge in [-0.2, -0.15) is 4.52 Å². The molecule has 32 heavy (non-hydrogen) atoms. The number of para-hydroxylation sites is 3. The van der Waals surface area contributed by atoms with Crippen LogP contribution in [-0.4, -0.2) is 19.6 Å². The predicted molar refractivity (Wildman–Crippen MR) is 129 cm³/mol. The van der Waals surface area contributed by atoms with Crippen molar-refractivity contribution in [3.8, 4) is 22.8 Å². The highest BCUT2D eigenvalue weighted by atomic mass is 15.3. The summed E-state index contributed by atoms with van der Waals surface area (Å²) in [6.07, 6.45) is 0. The van der Waals surface area contributed by atoms with Gasteiger partial charge in [0.15, 0.2) is 17.3 Å². The third-order valence-electron chi connectivity index (χ3n) is 5.43. The molecule has 0 saturated heterocycles. The Morgan fingerprint density at radius 1 is 0.625 bits per heavy atom. The van der Waals surface area contributed by atoms with Crippen LogP contribution in [0.5, 0.6) is 0 Å². The van der Waals surface area contributed by atoms with Crippen molar-refractivity contribution >= 4 is 27.9 Å². The number of fused-ring (bicyclic) bond motifs is 3. The van der Waals surface area contributed by atoms with Crippen LogP contribution in [0.3, 0.4) is 0 Å². The van der Waals surface area contributed by atoms with Crippen molar-refractivity contribution in [1.29, 1.82) is 0 Å². The van der Waals surface area contributed by atoms with Crippen molar-refractivity contribution in [2.75, 3.05) is 5.32 Å². The summed E-state index contributed by atoms with van der Waals surface area (Å²) in [5.74, 6) is 1.42. The SMILES string of the molecule is c1ccc(Nc2ccccc2-c2nc3ccccc3c3nc(-c4ccccc4)nn23)cc1. The van der Waals surface area contributed by atoms with Gasteiger partial charge < -0.3 is 5.32 Å². The maximum Gasteiger partial charge on any atom is 0.182 e. The zero-order chi connectivity index (χ0) is 21.3. The topological polar surface area (TPSA) is 55.1 Å². The van der Waals surface area contributed by atoms with Gasteiger partial charge in [0.25, 0.3) is 0 Å². The quantitative estimate of drug-likeness (QED) is 0.366. The van der Waals surface area contributed by atoms with Crippen LogP contribution in [0, 0.1) is 0 Å². The molecule has 0 amide bonds. The largest absolute Gasteiger partial charge is 0.355 e. The van der Waals surface area contributed by atoms with Gasteiger partial charge in [-0.1, -0.05) is 72.8 Å². The predicted octanol–water partition coefficient (Wildman–Crippen LogP) is 6.36. The van der Waals surface area contributed by atoms with Crippen LogP contribution in [0.25, 0.3) is 39.3 Å². The van der Waals surface area contributed by atoms with Gasteiger partial charge in [0, 0.05) is 27.9 Å². The lowest BCUT2D eigenvalue weighted by molar-refractivity contribution is 0.950. The molecule has 0 aliphatic heterocycles. The highest BCUT2D eigenvalue weighted by Gasteiger charge is 2.17. The second-order valence-corrected chi connectivity index (χ2v) is 7.53. The van der Waals surface area contributed by atoms with Crippen molar-refractivity contribution in [2.45, 2.75) is 0 Å². The van der Waals surface area contributed by atoms with E-state index in [-0.39, 0.29) is 0 Å². The van der Waals surface area contributed by atoms with Gasteiger partial charge in [-0.05, 0) is 36.4 Å². The summed E-state index contributed by atoms with van der Waals surface area (Å²) in [4.78, 5) is 9.91. The molecule has 2 heterocycles. The Morgan fingerprint density at radius 3 is 2.16 bits per heavy atom. The van der Waals surface area contributed by atoms with Crippen LogP contribution in [0.1, 0.15) is 0 Å². The Morgan fingerprint density at radius 2 is 1.31 bits per heavy atom. The minimum Gasteiger partial charge on any atom is -0.355 e. The molecule has 5 heteroatoms. The number of aromatic nitrogens is 4. The van der Waals surface area contributed by atoms with E-state index < -0.39 is 0 Å². The van der Waals surface area contributed by atoms with Crippen LogP contribution >= 0.6 is 0 Å². The molecular formula is C27H19N5. The van der Waals surface area contributed by atoms with E-state index >= 15 is 0 Å². The minimum atomic E-state index is 0.679. The zero-order valence-electron chi connectivity index (χ0n) is 17.2. The van der Waals surface area contributed by atoms with Crippen LogP contribution in [0.2, 0.25) is 0 Å². The maximum absolute atomic E-state index is 5.00. The lowest BCUT2D eigenvalue weighted by Gasteiger charge is -2.13. The number of nitrogens with one attached hydrogen (secondary N) is 1. The number of hydrogen-bond donors (Lipinski definition) is 1. The molecule has 4 aromatic carbocycles. The van der Waals surface area contributed by atoms with Crippen molar-refractivity contribution in [3.63, 3.8) is 0 Å². The summed E-state index contributed by atoms with van der Waals surface area (Å²) in [5.41, 5.74) is 5.58. The molecule has 0 fully saturated rings. The highest BCUT2D eigenvalue weighted by Crippen LogP contribution is 2.32. The average molecular weight is 413 g/mol. The monoisotopic (exact) mass is 413 g/mol. The first kappa shape index (κ1) is 18.3. The fourth-order valence-electron chi connectivity index (χ4n) is 3.90. The van der Waals surface area contributed by atoms with E-state index in [2.05, 4.69) is 17.4 Å². The first-order valence-electron chi connectivity index (χ1n) is 10.5. The number of nitrogens with zero attached hydrogens (tertiary/aromatic N) is 4. The van der Waals surface area contributed by atoms with Crippen LogP contribution in [0.15, 0.2) is 109 Å². The van der Waals surface area contributed by atoms with E-state index in [0.29, 0.717) is 5.82 Å². The van der Waals surface area contributed by atoms with Crippen molar-refractivity contribution in [1.82, 2.24) is 19.6 Å². The summed E-state index contributed by atoms with van der Waals surface area (Å²) >= 11 is 0. The van der Waals surface area contributed by atoms with Gasteiger partial charge in [-0.3, -0.25) is 0 Å². The Bertz CT molecular complexity index is 1540. The average Bonchev–Trinajstić information content (AvgIpc) is 3.31. The lowest BCUT2D eigenvalue weighted by Crippen LogP contribution is -2.02. The summed E-state index contributed by atoms with van der Waals surface area (Å²) in [5, 5.41) is 9.37. The first-order chi connectivity index (χ1) is 15.9. The van der Waals surface area contributed by atoms with Crippen molar-refractivity contribution < 1.29 is 0 Å². The van der Waals surface area contributed by atoms with Gasteiger partial charge in [0.2, 0.25) is 0 Å². The third kappa shape index (κ3) is 3.17. The van der Waals surface area contributed by atoms with Crippen LogP contribution in [0.4, 0.5) is 11.4 Å². The van der Waals surface area contributed by atoms with E-state index in [4.69, 9.17) is 15.1 Å². The Balaban J connectivity index is 1.60. The van der Waals surface area contributed by atoms with Crippen LogP contribution < -0.4 is 5.32 Å². The molecule has 152 valence electrons. The van der Waals surface area contributed by atoms with Gasteiger partial charge in [0.05, 0.1) is 5.52 Å². The van der Waals surface area contributed by atoms with E-state index in [0.717, 1.165) is 44.9 Å². The highest BCUT2D eigenvalue weighted by molar-refractivity contribution is 5.94. The van der Waals surface area contributed by atoms with Gasteiger partial charge in [-0.15, -0.1) is 5.10 Å². The second kappa shape index (κ2) is 7.63. The lowest BCUT2D eigenvalue weighted by atomic mass is 10.1.